The maximum absolute atomic E-state index is 4.22. The summed E-state index contributed by atoms with van der Waals surface area (Å²) in [5.74, 6) is 0. The van der Waals surface area contributed by atoms with Crippen LogP contribution in [0.25, 0.3) is 0 Å². The Balaban J connectivity index is 2.11. The van der Waals surface area contributed by atoms with Gasteiger partial charge in [0.1, 0.15) is 0 Å². The van der Waals surface area contributed by atoms with Gasteiger partial charge in [-0.2, -0.15) is 0 Å². The summed E-state index contributed by atoms with van der Waals surface area (Å²) in [7, 11) is 0. The monoisotopic (exact) mass is 272 g/mol. The van der Waals surface area contributed by atoms with Crippen LogP contribution in [-0.4, -0.2) is 21.0 Å². The van der Waals surface area contributed by atoms with E-state index in [-0.39, 0.29) is 0 Å². The van der Waals surface area contributed by atoms with Crippen LogP contribution in [0, 0.1) is 20.8 Å². The molecular weight excluding hydrogens is 248 g/mol. The minimum atomic E-state index is 0.460. The zero-order valence-electron chi connectivity index (χ0n) is 13.1. The fraction of sp³-hybridized carbons (Fsp3) is 0.500. The zero-order chi connectivity index (χ0) is 14.7. The third kappa shape index (κ3) is 3.67. The molecule has 4 heteroatoms. The first-order valence-corrected chi connectivity index (χ1v) is 7.15. The number of hydrogen-bond acceptors (Lipinski definition) is 3. The van der Waals surface area contributed by atoms with Crippen LogP contribution in [0.2, 0.25) is 0 Å². The maximum atomic E-state index is 4.22. The van der Waals surface area contributed by atoms with Crippen molar-refractivity contribution in [1.82, 2.24) is 20.3 Å². The Morgan fingerprint density at radius 3 is 2.40 bits per heavy atom. The van der Waals surface area contributed by atoms with Gasteiger partial charge in [0.2, 0.25) is 0 Å². The van der Waals surface area contributed by atoms with Crippen molar-refractivity contribution in [2.45, 2.75) is 53.8 Å². The lowest BCUT2D eigenvalue weighted by molar-refractivity contribution is 0.580. The molecule has 1 heterocycles. The van der Waals surface area contributed by atoms with E-state index in [0.717, 1.165) is 18.8 Å². The molecule has 0 atom stereocenters. The molecule has 0 saturated heterocycles. The van der Waals surface area contributed by atoms with Gasteiger partial charge in [-0.15, -0.1) is 5.10 Å². The molecule has 0 spiro atoms. The molecule has 0 aliphatic carbocycles. The summed E-state index contributed by atoms with van der Waals surface area (Å²) in [6.45, 7) is 12.3. The van der Waals surface area contributed by atoms with E-state index in [1.54, 1.807) is 0 Å². The highest BCUT2D eigenvalue weighted by Crippen LogP contribution is 2.17. The summed E-state index contributed by atoms with van der Waals surface area (Å²) in [6, 6.07) is 4.91. The average molecular weight is 272 g/mol. The van der Waals surface area contributed by atoms with Gasteiger partial charge in [0.05, 0.1) is 18.4 Å². The minimum absolute atomic E-state index is 0.460. The number of aryl methyl sites for hydroxylation is 3. The van der Waals surface area contributed by atoms with Gasteiger partial charge < -0.3 is 5.32 Å². The quantitative estimate of drug-likeness (QED) is 0.910. The van der Waals surface area contributed by atoms with Crippen molar-refractivity contribution in [3.8, 4) is 0 Å². The van der Waals surface area contributed by atoms with Gasteiger partial charge in [-0.05, 0) is 37.5 Å². The minimum Gasteiger partial charge on any atom is -0.309 e. The van der Waals surface area contributed by atoms with Crippen LogP contribution in [0.1, 0.15) is 41.8 Å². The average Bonchev–Trinajstić information content (AvgIpc) is 2.79. The molecule has 20 heavy (non-hydrogen) atoms. The molecule has 2 aromatic rings. The van der Waals surface area contributed by atoms with Crippen molar-refractivity contribution in [3.63, 3.8) is 0 Å². The van der Waals surface area contributed by atoms with Gasteiger partial charge in [-0.3, -0.25) is 0 Å². The Bertz CT molecular complexity index is 561. The zero-order valence-corrected chi connectivity index (χ0v) is 13.1. The fourth-order valence-electron chi connectivity index (χ4n) is 2.43. The van der Waals surface area contributed by atoms with Crippen LogP contribution in [0.5, 0.6) is 0 Å². The highest BCUT2D eigenvalue weighted by atomic mass is 15.4. The van der Waals surface area contributed by atoms with E-state index < -0.39 is 0 Å². The predicted octanol–water partition coefficient (Wildman–Crippen LogP) is 2.75. The largest absolute Gasteiger partial charge is 0.309 e. The number of aromatic nitrogens is 3. The Morgan fingerprint density at radius 1 is 1.15 bits per heavy atom. The Labute approximate surface area is 121 Å². The second-order valence-electron chi connectivity index (χ2n) is 5.82. The normalized spacial score (nSPS) is 11.3. The van der Waals surface area contributed by atoms with Gasteiger partial charge in [-0.25, -0.2) is 4.68 Å². The van der Waals surface area contributed by atoms with Gasteiger partial charge in [0.25, 0.3) is 0 Å². The molecular formula is C16H24N4. The number of hydrogen-bond donors (Lipinski definition) is 1. The van der Waals surface area contributed by atoms with Gasteiger partial charge >= 0.3 is 0 Å². The van der Waals surface area contributed by atoms with Crippen molar-refractivity contribution >= 4 is 0 Å². The van der Waals surface area contributed by atoms with Crippen LogP contribution in [0.15, 0.2) is 18.3 Å². The van der Waals surface area contributed by atoms with E-state index in [4.69, 9.17) is 0 Å². The van der Waals surface area contributed by atoms with E-state index in [1.165, 1.54) is 22.3 Å². The predicted molar refractivity (Wildman–Crippen MR) is 81.8 cm³/mol. The van der Waals surface area contributed by atoms with E-state index >= 15 is 0 Å². The second-order valence-corrected chi connectivity index (χ2v) is 5.82. The molecule has 0 bridgehead atoms. The van der Waals surface area contributed by atoms with Crippen molar-refractivity contribution in [3.05, 3.63) is 46.3 Å². The molecule has 0 amide bonds. The van der Waals surface area contributed by atoms with Gasteiger partial charge in [0.15, 0.2) is 0 Å². The summed E-state index contributed by atoms with van der Waals surface area (Å²) in [4.78, 5) is 0. The number of rotatable bonds is 5. The van der Waals surface area contributed by atoms with Crippen molar-refractivity contribution in [2.75, 3.05) is 0 Å². The Morgan fingerprint density at radius 2 is 1.80 bits per heavy atom. The van der Waals surface area contributed by atoms with E-state index in [9.17, 15) is 0 Å². The lowest BCUT2D eigenvalue weighted by atomic mass is 10.00. The van der Waals surface area contributed by atoms with Crippen molar-refractivity contribution < 1.29 is 0 Å². The van der Waals surface area contributed by atoms with E-state index in [2.05, 4.69) is 62.4 Å². The first-order chi connectivity index (χ1) is 9.45. The Kier molecular flexibility index (Phi) is 4.55. The fourth-order valence-corrected chi connectivity index (χ4v) is 2.43. The second kappa shape index (κ2) is 6.18. The van der Waals surface area contributed by atoms with Crippen LogP contribution in [0.4, 0.5) is 0 Å². The molecule has 4 nitrogen and oxygen atoms in total. The van der Waals surface area contributed by atoms with Gasteiger partial charge in [-0.1, -0.05) is 36.8 Å². The van der Waals surface area contributed by atoms with Crippen LogP contribution in [-0.2, 0) is 13.1 Å². The van der Waals surface area contributed by atoms with Gasteiger partial charge in [0, 0.05) is 12.6 Å². The molecule has 1 aromatic carbocycles. The molecule has 108 valence electrons. The third-order valence-electron chi connectivity index (χ3n) is 3.44. The molecule has 0 unspecified atom stereocenters. The maximum Gasteiger partial charge on any atom is 0.0965 e. The first kappa shape index (κ1) is 14.7. The van der Waals surface area contributed by atoms with E-state index in [0.29, 0.717) is 6.04 Å². The van der Waals surface area contributed by atoms with Crippen molar-refractivity contribution in [2.24, 2.45) is 0 Å². The topological polar surface area (TPSA) is 42.7 Å². The summed E-state index contributed by atoms with van der Waals surface area (Å²) in [5, 5.41) is 11.8. The van der Waals surface area contributed by atoms with E-state index in [1.807, 2.05) is 10.9 Å². The lowest BCUT2D eigenvalue weighted by Gasteiger charge is -2.10. The molecule has 0 radical (unpaired) electrons. The molecule has 0 aliphatic rings. The molecule has 1 aromatic heterocycles. The molecule has 1 N–H and O–H groups in total. The third-order valence-corrected chi connectivity index (χ3v) is 3.44. The summed E-state index contributed by atoms with van der Waals surface area (Å²) in [5.41, 5.74) is 6.27. The summed E-state index contributed by atoms with van der Waals surface area (Å²) >= 11 is 0. The number of nitrogens with zero attached hydrogens (tertiary/aromatic N) is 3. The standard InChI is InChI=1S/C16H24N4/c1-11(2)17-8-15-9-20(19-18-15)10-16-13(4)6-12(3)7-14(16)5/h6-7,9,11,17H,8,10H2,1-5H3. The Hall–Kier alpha value is -1.68. The number of benzene rings is 1. The highest BCUT2D eigenvalue weighted by molar-refractivity contribution is 5.37. The first-order valence-electron chi connectivity index (χ1n) is 7.15. The SMILES string of the molecule is Cc1cc(C)c(Cn2cc(CNC(C)C)nn2)c(C)c1. The molecule has 0 saturated carbocycles. The van der Waals surface area contributed by atoms with Crippen molar-refractivity contribution in [1.29, 1.82) is 0 Å². The smallest absolute Gasteiger partial charge is 0.0965 e. The van der Waals surface area contributed by atoms with Crippen LogP contribution < -0.4 is 5.32 Å². The van der Waals surface area contributed by atoms with Crippen LogP contribution >= 0.6 is 0 Å². The lowest BCUT2D eigenvalue weighted by Crippen LogP contribution is -2.21. The molecule has 0 fully saturated rings. The van der Waals surface area contributed by atoms with Crippen LogP contribution in [0.3, 0.4) is 0 Å². The molecule has 0 aliphatic heterocycles. The summed E-state index contributed by atoms with van der Waals surface area (Å²) < 4.78 is 1.92. The summed E-state index contributed by atoms with van der Waals surface area (Å²) in [6.07, 6.45) is 2.02. The molecule has 2 rings (SSSR count). The number of nitrogens with one attached hydrogen (secondary N) is 1. The highest BCUT2D eigenvalue weighted by Gasteiger charge is 2.07.